The molecule has 0 aliphatic carbocycles. The van der Waals surface area contributed by atoms with Gasteiger partial charge in [-0.05, 0) is 23.4 Å². The van der Waals surface area contributed by atoms with Crippen LogP contribution in [0.1, 0.15) is 29.8 Å². The summed E-state index contributed by atoms with van der Waals surface area (Å²) < 4.78 is 0. The first-order valence-electron chi connectivity index (χ1n) is 6.89. The summed E-state index contributed by atoms with van der Waals surface area (Å²) in [6.45, 7) is 3.11. The van der Waals surface area contributed by atoms with Crippen molar-refractivity contribution in [3.05, 3.63) is 58.3 Å². The second kappa shape index (κ2) is 7.82. The first-order chi connectivity index (χ1) is 9.81. The summed E-state index contributed by atoms with van der Waals surface area (Å²) in [5.74, 6) is 0.0457. The predicted octanol–water partition coefficient (Wildman–Crippen LogP) is 2.95. The summed E-state index contributed by atoms with van der Waals surface area (Å²) in [5, 5.41) is 8.29. The molecule has 0 spiro atoms. The third-order valence-electron chi connectivity index (χ3n) is 3.00. The highest BCUT2D eigenvalue weighted by atomic mass is 32.1. The Morgan fingerprint density at radius 2 is 2.00 bits per heavy atom. The summed E-state index contributed by atoms with van der Waals surface area (Å²) in [4.78, 5) is 13.0. The standard InChI is InChI=1S/C16H20N2OS/c1-2-10-17-15(19)12-18-16(14-9-6-11-20-14)13-7-4-3-5-8-13/h3-9,11,16,18H,2,10,12H2,1H3,(H,17,19)/t16-/m1/s1. The maximum Gasteiger partial charge on any atom is 0.233 e. The molecule has 0 fully saturated rings. The Morgan fingerprint density at radius 1 is 1.20 bits per heavy atom. The van der Waals surface area contributed by atoms with Gasteiger partial charge in [-0.3, -0.25) is 10.1 Å². The van der Waals surface area contributed by atoms with Crippen LogP contribution in [0, 0.1) is 0 Å². The van der Waals surface area contributed by atoms with Crippen molar-refractivity contribution >= 4 is 17.2 Å². The Labute approximate surface area is 124 Å². The SMILES string of the molecule is CCCNC(=O)CN[C@H](c1ccccc1)c1cccs1. The lowest BCUT2D eigenvalue weighted by Crippen LogP contribution is -2.36. The van der Waals surface area contributed by atoms with Crippen LogP contribution in [-0.2, 0) is 4.79 Å². The maximum absolute atomic E-state index is 11.7. The van der Waals surface area contributed by atoms with Crippen molar-refractivity contribution in [1.82, 2.24) is 10.6 Å². The number of carbonyl (C=O) groups excluding carboxylic acids is 1. The molecule has 1 aromatic carbocycles. The number of rotatable bonds is 7. The molecule has 1 aromatic heterocycles. The highest BCUT2D eigenvalue weighted by molar-refractivity contribution is 7.10. The number of amides is 1. The van der Waals surface area contributed by atoms with Crippen LogP contribution >= 0.6 is 11.3 Å². The van der Waals surface area contributed by atoms with E-state index in [-0.39, 0.29) is 11.9 Å². The van der Waals surface area contributed by atoms with Gasteiger partial charge in [0.2, 0.25) is 5.91 Å². The van der Waals surface area contributed by atoms with Gasteiger partial charge in [-0.1, -0.05) is 43.3 Å². The van der Waals surface area contributed by atoms with Crippen molar-refractivity contribution in [2.45, 2.75) is 19.4 Å². The van der Waals surface area contributed by atoms with E-state index >= 15 is 0 Å². The average molecular weight is 288 g/mol. The van der Waals surface area contributed by atoms with Gasteiger partial charge in [-0.25, -0.2) is 0 Å². The minimum absolute atomic E-state index is 0.0457. The van der Waals surface area contributed by atoms with Gasteiger partial charge in [0.1, 0.15) is 0 Å². The third-order valence-corrected chi connectivity index (χ3v) is 3.94. The molecule has 0 saturated carbocycles. The maximum atomic E-state index is 11.7. The number of hydrogen-bond acceptors (Lipinski definition) is 3. The highest BCUT2D eigenvalue weighted by Gasteiger charge is 2.15. The van der Waals surface area contributed by atoms with E-state index < -0.39 is 0 Å². The van der Waals surface area contributed by atoms with Gasteiger partial charge in [0.15, 0.2) is 0 Å². The number of benzene rings is 1. The molecule has 106 valence electrons. The van der Waals surface area contributed by atoms with E-state index in [1.54, 1.807) is 11.3 Å². The fourth-order valence-corrected chi connectivity index (χ4v) is 2.83. The van der Waals surface area contributed by atoms with Crippen LogP contribution in [0.4, 0.5) is 0 Å². The second-order valence-corrected chi connectivity index (χ2v) is 5.57. The van der Waals surface area contributed by atoms with E-state index in [1.165, 1.54) is 10.4 Å². The Hall–Kier alpha value is -1.65. The smallest absolute Gasteiger partial charge is 0.233 e. The lowest BCUT2D eigenvalue weighted by Gasteiger charge is -2.17. The Morgan fingerprint density at radius 3 is 2.65 bits per heavy atom. The van der Waals surface area contributed by atoms with Crippen molar-refractivity contribution in [2.24, 2.45) is 0 Å². The molecule has 2 rings (SSSR count). The molecule has 0 radical (unpaired) electrons. The van der Waals surface area contributed by atoms with Crippen LogP contribution in [0.5, 0.6) is 0 Å². The van der Waals surface area contributed by atoms with Crippen molar-refractivity contribution in [3.8, 4) is 0 Å². The van der Waals surface area contributed by atoms with Gasteiger partial charge in [0, 0.05) is 11.4 Å². The Kier molecular flexibility index (Phi) is 5.77. The summed E-state index contributed by atoms with van der Waals surface area (Å²) in [6, 6.07) is 14.4. The number of carbonyl (C=O) groups is 1. The zero-order valence-corrected chi connectivity index (χ0v) is 12.5. The lowest BCUT2D eigenvalue weighted by atomic mass is 10.1. The van der Waals surface area contributed by atoms with Crippen molar-refractivity contribution < 1.29 is 4.79 Å². The molecule has 0 unspecified atom stereocenters. The van der Waals surface area contributed by atoms with Crippen LogP contribution in [0.15, 0.2) is 47.8 Å². The molecule has 2 N–H and O–H groups in total. The molecule has 0 aliphatic heterocycles. The molecule has 1 amide bonds. The van der Waals surface area contributed by atoms with Crippen LogP contribution in [0.2, 0.25) is 0 Å². The molecule has 1 atom stereocenters. The molecule has 4 heteroatoms. The quantitative estimate of drug-likeness (QED) is 0.822. The van der Waals surface area contributed by atoms with Gasteiger partial charge in [0.05, 0.1) is 12.6 Å². The molecule has 2 aromatic rings. The first kappa shape index (κ1) is 14.8. The van der Waals surface area contributed by atoms with Crippen LogP contribution in [0.25, 0.3) is 0 Å². The van der Waals surface area contributed by atoms with E-state index in [4.69, 9.17) is 0 Å². The Balaban J connectivity index is 2.03. The number of nitrogens with one attached hydrogen (secondary N) is 2. The third kappa shape index (κ3) is 4.18. The van der Waals surface area contributed by atoms with Gasteiger partial charge < -0.3 is 5.32 Å². The van der Waals surface area contributed by atoms with Gasteiger partial charge in [-0.2, -0.15) is 0 Å². The van der Waals surface area contributed by atoms with E-state index in [0.717, 1.165) is 13.0 Å². The van der Waals surface area contributed by atoms with Gasteiger partial charge in [-0.15, -0.1) is 11.3 Å². The van der Waals surface area contributed by atoms with E-state index in [2.05, 4.69) is 34.2 Å². The topological polar surface area (TPSA) is 41.1 Å². The van der Waals surface area contributed by atoms with Gasteiger partial charge in [0.25, 0.3) is 0 Å². The second-order valence-electron chi connectivity index (χ2n) is 4.59. The molecule has 0 aliphatic rings. The predicted molar refractivity (Wildman–Crippen MR) is 83.9 cm³/mol. The monoisotopic (exact) mass is 288 g/mol. The van der Waals surface area contributed by atoms with Gasteiger partial charge >= 0.3 is 0 Å². The molecular formula is C16H20N2OS. The lowest BCUT2D eigenvalue weighted by molar-refractivity contribution is -0.120. The Bertz CT molecular complexity index is 511. The molecule has 0 bridgehead atoms. The molecule has 3 nitrogen and oxygen atoms in total. The van der Waals surface area contributed by atoms with E-state index in [9.17, 15) is 4.79 Å². The van der Waals surface area contributed by atoms with Crippen LogP contribution in [0.3, 0.4) is 0 Å². The van der Waals surface area contributed by atoms with Crippen molar-refractivity contribution in [2.75, 3.05) is 13.1 Å². The number of thiophene rings is 1. The zero-order chi connectivity index (χ0) is 14.2. The first-order valence-corrected chi connectivity index (χ1v) is 7.77. The fraction of sp³-hybridized carbons (Fsp3) is 0.312. The normalized spacial score (nSPS) is 12.1. The minimum Gasteiger partial charge on any atom is -0.355 e. The molecular weight excluding hydrogens is 268 g/mol. The van der Waals surface area contributed by atoms with Crippen LogP contribution in [-0.4, -0.2) is 19.0 Å². The average Bonchev–Trinajstić information content (AvgIpc) is 3.00. The molecule has 1 heterocycles. The summed E-state index contributed by atoms with van der Waals surface area (Å²) in [5.41, 5.74) is 1.18. The zero-order valence-electron chi connectivity index (χ0n) is 11.6. The summed E-state index contributed by atoms with van der Waals surface area (Å²) >= 11 is 1.70. The molecule has 0 saturated heterocycles. The van der Waals surface area contributed by atoms with E-state index in [0.29, 0.717) is 6.54 Å². The molecule has 20 heavy (non-hydrogen) atoms. The van der Waals surface area contributed by atoms with Crippen molar-refractivity contribution in [1.29, 1.82) is 0 Å². The largest absolute Gasteiger partial charge is 0.355 e. The summed E-state index contributed by atoms with van der Waals surface area (Å²) in [7, 11) is 0. The van der Waals surface area contributed by atoms with Crippen LogP contribution < -0.4 is 10.6 Å². The minimum atomic E-state index is 0.0457. The summed E-state index contributed by atoms with van der Waals surface area (Å²) in [6.07, 6.45) is 0.957. The number of hydrogen-bond donors (Lipinski definition) is 2. The van der Waals surface area contributed by atoms with E-state index in [1.807, 2.05) is 31.2 Å². The fourth-order valence-electron chi connectivity index (χ4n) is 2.01. The van der Waals surface area contributed by atoms with Crippen molar-refractivity contribution in [3.63, 3.8) is 0 Å². The highest BCUT2D eigenvalue weighted by Crippen LogP contribution is 2.25.